The van der Waals surface area contributed by atoms with Crippen molar-refractivity contribution in [2.24, 2.45) is 0 Å². The van der Waals surface area contributed by atoms with Crippen molar-refractivity contribution >= 4 is 37.5 Å². The molecule has 0 radical (unpaired) electrons. The van der Waals surface area contributed by atoms with E-state index < -0.39 is 22.0 Å². The van der Waals surface area contributed by atoms with Crippen LogP contribution in [0.3, 0.4) is 0 Å². The number of phenolic OH excluding ortho intramolecular Hbond substituents is 1. The lowest BCUT2D eigenvalue weighted by molar-refractivity contribution is -0.122. The highest BCUT2D eigenvalue weighted by atomic mass is 79.9. The first-order valence-electron chi connectivity index (χ1n) is 8.83. The molecule has 0 aliphatic carbocycles. The zero-order valence-electron chi connectivity index (χ0n) is 15.3. The number of ether oxygens (including phenoxy) is 1. The predicted molar refractivity (Wildman–Crippen MR) is 109 cm³/mol. The number of aromatic hydroxyl groups is 1. The first-order chi connectivity index (χ1) is 13.3. The molecule has 1 atom stereocenters. The van der Waals surface area contributed by atoms with Gasteiger partial charge < -0.3 is 15.2 Å². The molecule has 3 rings (SSSR count). The highest BCUT2D eigenvalue weighted by Crippen LogP contribution is 2.29. The summed E-state index contributed by atoms with van der Waals surface area (Å²) in [5.41, 5.74) is 0.0246. The third-order valence-corrected chi connectivity index (χ3v) is 6.85. The van der Waals surface area contributed by atoms with Crippen molar-refractivity contribution < 1.29 is 23.1 Å². The number of sulfonamides is 1. The second-order valence-corrected chi connectivity index (χ2v) is 9.35. The van der Waals surface area contributed by atoms with Gasteiger partial charge in [0.2, 0.25) is 10.0 Å². The second kappa shape index (κ2) is 8.50. The van der Waals surface area contributed by atoms with E-state index in [-0.39, 0.29) is 16.3 Å². The van der Waals surface area contributed by atoms with Gasteiger partial charge in [-0.1, -0.05) is 15.9 Å². The SMILES string of the molecule is CC(Oc1ccc(Br)cc1)C(=O)Nc1cc(S(=O)(=O)N2CCCC2)ccc1O. The number of benzene rings is 2. The molecule has 1 heterocycles. The normalized spacial score (nSPS) is 15.9. The maximum atomic E-state index is 12.7. The number of nitrogens with zero attached hydrogens (tertiary/aromatic N) is 1. The molecule has 1 aliphatic rings. The van der Waals surface area contributed by atoms with Crippen molar-refractivity contribution in [3.8, 4) is 11.5 Å². The summed E-state index contributed by atoms with van der Waals surface area (Å²) in [5, 5.41) is 12.6. The summed E-state index contributed by atoms with van der Waals surface area (Å²) in [4.78, 5) is 12.5. The Bertz CT molecular complexity index is 957. The highest BCUT2D eigenvalue weighted by molar-refractivity contribution is 9.10. The molecule has 2 aromatic rings. The van der Waals surface area contributed by atoms with Crippen molar-refractivity contribution in [1.82, 2.24) is 4.31 Å². The van der Waals surface area contributed by atoms with E-state index in [4.69, 9.17) is 4.74 Å². The summed E-state index contributed by atoms with van der Waals surface area (Å²) in [6, 6.07) is 10.9. The van der Waals surface area contributed by atoms with Crippen LogP contribution in [0, 0.1) is 0 Å². The second-order valence-electron chi connectivity index (χ2n) is 6.49. The topological polar surface area (TPSA) is 95.9 Å². The van der Waals surface area contributed by atoms with E-state index in [1.165, 1.54) is 22.5 Å². The van der Waals surface area contributed by atoms with Crippen molar-refractivity contribution in [3.05, 3.63) is 46.9 Å². The summed E-state index contributed by atoms with van der Waals surface area (Å²) >= 11 is 3.32. The van der Waals surface area contributed by atoms with E-state index in [2.05, 4.69) is 21.2 Å². The van der Waals surface area contributed by atoms with E-state index in [1.807, 2.05) is 0 Å². The third kappa shape index (κ3) is 4.65. The molecule has 0 bridgehead atoms. The van der Waals surface area contributed by atoms with E-state index in [0.29, 0.717) is 18.8 Å². The van der Waals surface area contributed by atoms with Crippen LogP contribution in [-0.2, 0) is 14.8 Å². The Morgan fingerprint density at radius 2 is 1.82 bits per heavy atom. The smallest absolute Gasteiger partial charge is 0.265 e. The minimum Gasteiger partial charge on any atom is -0.506 e. The first kappa shape index (κ1) is 20.6. The van der Waals surface area contributed by atoms with Crippen LogP contribution in [-0.4, -0.2) is 42.9 Å². The van der Waals surface area contributed by atoms with Crippen LogP contribution in [0.25, 0.3) is 0 Å². The first-order valence-corrected chi connectivity index (χ1v) is 11.1. The van der Waals surface area contributed by atoms with Crippen molar-refractivity contribution in [3.63, 3.8) is 0 Å². The monoisotopic (exact) mass is 468 g/mol. The number of amides is 1. The molecule has 2 N–H and O–H groups in total. The van der Waals surface area contributed by atoms with Crippen LogP contribution in [0.2, 0.25) is 0 Å². The Kier molecular flexibility index (Phi) is 6.26. The fourth-order valence-electron chi connectivity index (χ4n) is 2.86. The fourth-order valence-corrected chi connectivity index (χ4v) is 4.67. The average molecular weight is 469 g/mol. The molecule has 0 saturated carbocycles. The summed E-state index contributed by atoms with van der Waals surface area (Å²) in [6.45, 7) is 2.52. The van der Waals surface area contributed by atoms with Crippen molar-refractivity contribution in [2.45, 2.75) is 30.8 Å². The number of phenols is 1. The van der Waals surface area contributed by atoms with Gasteiger partial charge >= 0.3 is 0 Å². The fraction of sp³-hybridized carbons (Fsp3) is 0.316. The van der Waals surface area contributed by atoms with E-state index in [0.717, 1.165) is 17.3 Å². The lowest BCUT2D eigenvalue weighted by Crippen LogP contribution is -2.30. The minimum atomic E-state index is -3.65. The number of hydrogen-bond acceptors (Lipinski definition) is 5. The molecular weight excluding hydrogens is 448 g/mol. The molecule has 1 fully saturated rings. The highest BCUT2D eigenvalue weighted by Gasteiger charge is 2.28. The summed E-state index contributed by atoms with van der Waals surface area (Å²) in [5.74, 6) is -0.209. The van der Waals surface area contributed by atoms with Crippen LogP contribution in [0.15, 0.2) is 51.8 Å². The molecule has 1 amide bonds. The number of rotatable bonds is 6. The molecule has 1 aliphatic heterocycles. The molecule has 150 valence electrons. The quantitative estimate of drug-likeness (QED) is 0.633. The zero-order chi connectivity index (χ0) is 20.3. The Morgan fingerprint density at radius 3 is 2.46 bits per heavy atom. The number of nitrogens with one attached hydrogen (secondary N) is 1. The maximum absolute atomic E-state index is 12.7. The van der Waals surface area contributed by atoms with Gasteiger partial charge in [0.1, 0.15) is 11.5 Å². The lowest BCUT2D eigenvalue weighted by Gasteiger charge is -2.18. The Morgan fingerprint density at radius 1 is 1.18 bits per heavy atom. The molecule has 2 aromatic carbocycles. The Labute approximate surface area is 172 Å². The predicted octanol–water partition coefficient (Wildman–Crippen LogP) is 3.35. The van der Waals surface area contributed by atoms with Gasteiger partial charge in [-0.3, -0.25) is 4.79 Å². The summed E-state index contributed by atoms with van der Waals surface area (Å²) in [7, 11) is -3.65. The molecule has 1 unspecified atom stereocenters. The number of carbonyl (C=O) groups is 1. The van der Waals surface area contributed by atoms with Gasteiger partial charge in [0.25, 0.3) is 5.91 Å². The van der Waals surface area contributed by atoms with Gasteiger partial charge in [-0.05, 0) is 62.2 Å². The van der Waals surface area contributed by atoms with Crippen LogP contribution >= 0.6 is 15.9 Å². The zero-order valence-corrected chi connectivity index (χ0v) is 17.7. The van der Waals surface area contributed by atoms with E-state index in [9.17, 15) is 18.3 Å². The van der Waals surface area contributed by atoms with Gasteiger partial charge in [-0.15, -0.1) is 0 Å². The van der Waals surface area contributed by atoms with Gasteiger partial charge in [0, 0.05) is 17.6 Å². The number of carbonyl (C=O) groups excluding carboxylic acids is 1. The van der Waals surface area contributed by atoms with Crippen LogP contribution < -0.4 is 10.1 Å². The molecule has 0 aromatic heterocycles. The van der Waals surface area contributed by atoms with Gasteiger partial charge in [-0.25, -0.2) is 8.42 Å². The van der Waals surface area contributed by atoms with Gasteiger partial charge in [0.05, 0.1) is 10.6 Å². The van der Waals surface area contributed by atoms with Crippen molar-refractivity contribution in [2.75, 3.05) is 18.4 Å². The van der Waals surface area contributed by atoms with Gasteiger partial charge in [-0.2, -0.15) is 4.31 Å². The number of halogens is 1. The standard InChI is InChI=1S/C19H21BrN2O5S/c1-13(27-15-6-4-14(20)5-7-15)19(24)21-17-12-16(8-9-18(17)23)28(25,26)22-10-2-3-11-22/h4-9,12-13,23H,2-3,10-11H2,1H3,(H,21,24). The lowest BCUT2D eigenvalue weighted by atomic mass is 10.2. The van der Waals surface area contributed by atoms with E-state index >= 15 is 0 Å². The Hall–Kier alpha value is -2.10. The summed E-state index contributed by atoms with van der Waals surface area (Å²) in [6.07, 6.45) is 0.803. The average Bonchev–Trinajstić information content (AvgIpc) is 3.20. The molecule has 0 spiro atoms. The van der Waals surface area contributed by atoms with Crippen LogP contribution in [0.5, 0.6) is 11.5 Å². The van der Waals surface area contributed by atoms with Crippen molar-refractivity contribution in [1.29, 1.82) is 0 Å². The van der Waals surface area contributed by atoms with Gasteiger partial charge in [0.15, 0.2) is 6.10 Å². The minimum absolute atomic E-state index is 0.0246. The van der Waals surface area contributed by atoms with Crippen LogP contribution in [0.4, 0.5) is 5.69 Å². The summed E-state index contributed by atoms with van der Waals surface area (Å²) < 4.78 is 33.3. The van der Waals surface area contributed by atoms with E-state index in [1.54, 1.807) is 31.2 Å². The Balaban J connectivity index is 1.74. The largest absolute Gasteiger partial charge is 0.506 e. The number of hydrogen-bond donors (Lipinski definition) is 2. The molecule has 28 heavy (non-hydrogen) atoms. The molecule has 9 heteroatoms. The molecular formula is C19H21BrN2O5S. The number of anilines is 1. The third-order valence-electron chi connectivity index (χ3n) is 4.42. The molecule has 7 nitrogen and oxygen atoms in total. The molecule has 1 saturated heterocycles. The maximum Gasteiger partial charge on any atom is 0.265 e. The van der Waals surface area contributed by atoms with Crippen LogP contribution in [0.1, 0.15) is 19.8 Å².